The van der Waals surface area contributed by atoms with Crippen LogP contribution in [0.15, 0.2) is 36.0 Å². The predicted octanol–water partition coefficient (Wildman–Crippen LogP) is 3.50. The van der Waals surface area contributed by atoms with E-state index in [1.807, 2.05) is 19.9 Å². The van der Waals surface area contributed by atoms with E-state index in [0.717, 1.165) is 34.0 Å². The highest BCUT2D eigenvalue weighted by atomic mass is 16.5. The third-order valence-electron chi connectivity index (χ3n) is 5.26. The summed E-state index contributed by atoms with van der Waals surface area (Å²) in [5, 5.41) is 2.54. The van der Waals surface area contributed by atoms with Crippen molar-refractivity contribution < 1.29 is 19.1 Å². The van der Waals surface area contributed by atoms with E-state index in [9.17, 15) is 14.4 Å². The van der Waals surface area contributed by atoms with Gasteiger partial charge in [0, 0.05) is 17.1 Å². The fraction of sp³-hybridized carbons (Fsp3) is 0.348. The van der Waals surface area contributed by atoms with Crippen LogP contribution in [0.1, 0.15) is 42.3 Å². The highest BCUT2D eigenvalue weighted by Crippen LogP contribution is 2.24. The van der Waals surface area contributed by atoms with Crippen LogP contribution < -0.4 is 5.32 Å². The zero-order chi connectivity index (χ0) is 21.8. The second-order valence-electron chi connectivity index (χ2n) is 7.39. The van der Waals surface area contributed by atoms with Crippen molar-refractivity contribution in [1.29, 1.82) is 0 Å². The average Bonchev–Trinajstić information content (AvgIpc) is 3.16. The van der Waals surface area contributed by atoms with Crippen molar-refractivity contribution >= 4 is 24.0 Å². The molecule has 0 spiro atoms. The number of urea groups is 1. The van der Waals surface area contributed by atoms with Gasteiger partial charge in [0.2, 0.25) is 0 Å². The Labute approximate surface area is 176 Å². The SMILES string of the molecule is CCCCc1ccc(-n2c(C)cc(/C=C3/NC(=O)N(CC(=O)OC)C3=O)c2C)cc1. The number of hydrogen-bond donors (Lipinski definition) is 1. The van der Waals surface area contributed by atoms with Crippen LogP contribution in [0, 0.1) is 13.8 Å². The molecule has 158 valence electrons. The molecule has 7 nitrogen and oxygen atoms in total. The Balaban J connectivity index is 1.86. The zero-order valence-electron chi connectivity index (χ0n) is 17.8. The molecule has 30 heavy (non-hydrogen) atoms. The lowest BCUT2D eigenvalue weighted by Crippen LogP contribution is -2.36. The summed E-state index contributed by atoms with van der Waals surface area (Å²) in [6.07, 6.45) is 5.06. The molecule has 0 bridgehead atoms. The van der Waals surface area contributed by atoms with Crippen molar-refractivity contribution in [1.82, 2.24) is 14.8 Å². The van der Waals surface area contributed by atoms with Crippen molar-refractivity contribution in [2.45, 2.75) is 40.0 Å². The second kappa shape index (κ2) is 8.98. The molecule has 1 aromatic carbocycles. The predicted molar refractivity (Wildman–Crippen MR) is 114 cm³/mol. The molecule has 0 radical (unpaired) electrons. The van der Waals surface area contributed by atoms with Gasteiger partial charge in [-0.25, -0.2) is 9.69 Å². The minimum Gasteiger partial charge on any atom is -0.468 e. The number of imide groups is 1. The summed E-state index contributed by atoms with van der Waals surface area (Å²) in [5.41, 5.74) is 5.29. The summed E-state index contributed by atoms with van der Waals surface area (Å²) in [6, 6.07) is 9.83. The van der Waals surface area contributed by atoms with Crippen molar-refractivity contribution in [3.8, 4) is 5.69 Å². The number of unbranched alkanes of at least 4 members (excludes halogenated alkanes) is 1. The molecule has 3 rings (SSSR count). The number of hydrogen-bond acceptors (Lipinski definition) is 4. The highest BCUT2D eigenvalue weighted by molar-refractivity contribution is 6.15. The molecule has 7 heteroatoms. The molecule has 0 saturated carbocycles. The smallest absolute Gasteiger partial charge is 0.329 e. The van der Waals surface area contributed by atoms with E-state index in [4.69, 9.17) is 0 Å². The molecule has 2 heterocycles. The number of nitrogens with one attached hydrogen (secondary N) is 1. The van der Waals surface area contributed by atoms with E-state index >= 15 is 0 Å². The van der Waals surface area contributed by atoms with Crippen molar-refractivity contribution in [3.05, 3.63) is 58.5 Å². The Bertz CT molecular complexity index is 1000. The lowest BCUT2D eigenvalue weighted by molar-refractivity contribution is -0.143. The number of amides is 3. The largest absolute Gasteiger partial charge is 0.468 e. The quantitative estimate of drug-likeness (QED) is 0.431. The van der Waals surface area contributed by atoms with Crippen LogP contribution in [0.25, 0.3) is 11.8 Å². The Kier molecular flexibility index (Phi) is 6.40. The first-order chi connectivity index (χ1) is 14.3. The van der Waals surface area contributed by atoms with Gasteiger partial charge in [-0.15, -0.1) is 0 Å². The highest BCUT2D eigenvalue weighted by Gasteiger charge is 2.35. The summed E-state index contributed by atoms with van der Waals surface area (Å²) < 4.78 is 6.66. The monoisotopic (exact) mass is 409 g/mol. The van der Waals surface area contributed by atoms with Gasteiger partial charge >= 0.3 is 12.0 Å². The normalized spacial score (nSPS) is 15.1. The molecule has 1 fully saturated rings. The molecular formula is C23H27N3O4. The molecule has 1 saturated heterocycles. The van der Waals surface area contributed by atoms with Crippen LogP contribution in [0.5, 0.6) is 0 Å². The minimum atomic E-state index is -0.652. The van der Waals surface area contributed by atoms with Gasteiger partial charge in [-0.05, 0) is 62.1 Å². The van der Waals surface area contributed by atoms with Crippen LogP contribution in [0.4, 0.5) is 4.79 Å². The van der Waals surface area contributed by atoms with Crippen LogP contribution in [0.2, 0.25) is 0 Å². The first kappa shape index (κ1) is 21.4. The fourth-order valence-electron chi connectivity index (χ4n) is 3.59. The van der Waals surface area contributed by atoms with E-state index in [1.54, 1.807) is 6.08 Å². The van der Waals surface area contributed by atoms with Crippen molar-refractivity contribution in [2.24, 2.45) is 0 Å². The van der Waals surface area contributed by atoms with Crippen LogP contribution in [-0.2, 0) is 20.7 Å². The summed E-state index contributed by atoms with van der Waals surface area (Å²) in [4.78, 5) is 36.9. The molecule has 1 aromatic heterocycles. The van der Waals surface area contributed by atoms with E-state index < -0.39 is 24.5 Å². The van der Waals surface area contributed by atoms with Gasteiger partial charge in [-0.2, -0.15) is 0 Å². The number of methoxy groups -OCH3 is 1. The van der Waals surface area contributed by atoms with E-state index in [2.05, 4.69) is 45.8 Å². The lowest BCUT2D eigenvalue weighted by Gasteiger charge is -2.11. The Morgan fingerprint density at radius 3 is 2.50 bits per heavy atom. The zero-order valence-corrected chi connectivity index (χ0v) is 17.8. The number of aryl methyl sites for hydroxylation is 2. The number of rotatable bonds is 7. The lowest BCUT2D eigenvalue weighted by atomic mass is 10.1. The molecule has 3 amide bonds. The van der Waals surface area contributed by atoms with Gasteiger partial charge in [0.05, 0.1) is 7.11 Å². The van der Waals surface area contributed by atoms with E-state index in [-0.39, 0.29) is 5.70 Å². The third kappa shape index (κ3) is 4.30. The maximum Gasteiger partial charge on any atom is 0.329 e. The first-order valence-corrected chi connectivity index (χ1v) is 10.0. The Morgan fingerprint density at radius 2 is 1.87 bits per heavy atom. The molecule has 0 aliphatic carbocycles. The number of carbonyl (C=O) groups is 3. The maximum absolute atomic E-state index is 12.5. The standard InChI is InChI=1S/C23H27N3O4/c1-5-6-7-17-8-10-19(11-9-17)26-15(2)12-18(16(26)3)13-20-22(28)25(23(29)24-20)14-21(27)30-4/h8-13H,5-7,14H2,1-4H3,(H,24,29)/b20-13+. The minimum absolute atomic E-state index is 0.138. The van der Waals surface area contributed by atoms with E-state index in [0.29, 0.717) is 0 Å². The molecule has 1 N–H and O–H groups in total. The Hall–Kier alpha value is -3.35. The van der Waals surface area contributed by atoms with Crippen LogP contribution in [0.3, 0.4) is 0 Å². The summed E-state index contributed by atoms with van der Waals surface area (Å²) in [6.45, 7) is 5.74. The number of nitrogens with zero attached hydrogens (tertiary/aromatic N) is 2. The van der Waals surface area contributed by atoms with Gasteiger partial charge in [0.25, 0.3) is 5.91 Å². The second-order valence-corrected chi connectivity index (χ2v) is 7.39. The number of aromatic nitrogens is 1. The molecule has 0 unspecified atom stereocenters. The number of ether oxygens (including phenoxy) is 1. The maximum atomic E-state index is 12.5. The molecule has 2 aromatic rings. The van der Waals surface area contributed by atoms with Gasteiger partial charge < -0.3 is 14.6 Å². The van der Waals surface area contributed by atoms with Crippen molar-refractivity contribution in [2.75, 3.05) is 13.7 Å². The third-order valence-corrected chi connectivity index (χ3v) is 5.26. The van der Waals surface area contributed by atoms with Crippen molar-refractivity contribution in [3.63, 3.8) is 0 Å². The van der Waals surface area contributed by atoms with E-state index in [1.165, 1.54) is 25.5 Å². The Morgan fingerprint density at radius 1 is 1.17 bits per heavy atom. The molecule has 1 aliphatic rings. The fourth-order valence-corrected chi connectivity index (χ4v) is 3.59. The summed E-state index contributed by atoms with van der Waals surface area (Å²) in [7, 11) is 1.21. The number of benzene rings is 1. The van der Waals surface area contributed by atoms with Gasteiger partial charge in [-0.1, -0.05) is 25.5 Å². The summed E-state index contributed by atoms with van der Waals surface area (Å²) >= 11 is 0. The van der Waals surface area contributed by atoms with Gasteiger partial charge in [0.15, 0.2) is 0 Å². The van der Waals surface area contributed by atoms with Crippen LogP contribution >= 0.6 is 0 Å². The van der Waals surface area contributed by atoms with Gasteiger partial charge in [-0.3, -0.25) is 9.59 Å². The summed E-state index contributed by atoms with van der Waals surface area (Å²) in [5.74, 6) is -1.20. The van der Waals surface area contributed by atoms with Crippen LogP contribution in [-0.4, -0.2) is 41.0 Å². The van der Waals surface area contributed by atoms with Gasteiger partial charge in [0.1, 0.15) is 12.2 Å². The number of esters is 1. The molecule has 1 aliphatic heterocycles. The average molecular weight is 409 g/mol. The molecular weight excluding hydrogens is 382 g/mol. The number of carbonyl (C=O) groups excluding carboxylic acids is 3. The molecule has 0 atom stereocenters. The topological polar surface area (TPSA) is 80.6 Å². The first-order valence-electron chi connectivity index (χ1n) is 10.0.